The van der Waals surface area contributed by atoms with Crippen molar-refractivity contribution in [2.75, 3.05) is 33.8 Å². The Bertz CT molecular complexity index is 1040. The highest BCUT2D eigenvalue weighted by atomic mass is 16.5. The average molecular weight is 480 g/mol. The Morgan fingerprint density at radius 3 is 2.34 bits per heavy atom. The zero-order valence-corrected chi connectivity index (χ0v) is 20.3. The molecule has 2 aliphatic rings. The summed E-state index contributed by atoms with van der Waals surface area (Å²) in [5.74, 6) is -1.40. The molecule has 35 heavy (non-hydrogen) atoms. The number of likely N-dealkylation sites (tertiary alicyclic amines) is 1. The molecule has 2 amide bonds. The molecule has 1 fully saturated rings. The molecule has 0 bridgehead atoms. The minimum absolute atomic E-state index is 0.00522. The van der Waals surface area contributed by atoms with Crippen LogP contribution in [0.4, 0.5) is 4.79 Å². The minimum atomic E-state index is -1.02. The van der Waals surface area contributed by atoms with Crippen molar-refractivity contribution in [3.8, 4) is 11.1 Å². The third-order valence-corrected chi connectivity index (χ3v) is 7.08. The number of nitrogens with zero attached hydrogens (tertiary/aromatic N) is 2. The van der Waals surface area contributed by atoms with Crippen molar-refractivity contribution in [3.63, 3.8) is 0 Å². The minimum Gasteiger partial charge on any atom is -0.481 e. The molecule has 8 nitrogen and oxygen atoms in total. The van der Waals surface area contributed by atoms with Gasteiger partial charge < -0.3 is 25.0 Å². The van der Waals surface area contributed by atoms with Crippen molar-refractivity contribution in [1.29, 1.82) is 0 Å². The molecule has 0 radical (unpaired) electrons. The van der Waals surface area contributed by atoms with Gasteiger partial charge in [0.05, 0.1) is 0 Å². The van der Waals surface area contributed by atoms with Crippen LogP contribution in [0, 0.1) is 0 Å². The molecular formula is C27H33N3O5. The molecule has 1 saturated heterocycles. The number of aliphatic carboxylic acids is 1. The van der Waals surface area contributed by atoms with Crippen molar-refractivity contribution in [2.24, 2.45) is 0 Å². The van der Waals surface area contributed by atoms with Gasteiger partial charge in [-0.15, -0.1) is 0 Å². The Balaban J connectivity index is 1.42. The first-order chi connectivity index (χ1) is 16.8. The van der Waals surface area contributed by atoms with Crippen LogP contribution >= 0.6 is 0 Å². The predicted molar refractivity (Wildman–Crippen MR) is 132 cm³/mol. The van der Waals surface area contributed by atoms with Crippen LogP contribution in [0.2, 0.25) is 0 Å². The maximum Gasteiger partial charge on any atom is 0.407 e. The number of carboxylic acid groups (broad SMARTS) is 1. The maximum atomic E-state index is 13.2. The van der Waals surface area contributed by atoms with E-state index in [-0.39, 0.29) is 37.3 Å². The number of hydrogen-bond acceptors (Lipinski definition) is 5. The third kappa shape index (κ3) is 5.65. The number of carboxylic acids is 1. The second-order valence-electron chi connectivity index (χ2n) is 9.46. The van der Waals surface area contributed by atoms with E-state index in [1.54, 1.807) is 11.9 Å². The molecule has 1 aliphatic carbocycles. The van der Waals surface area contributed by atoms with Gasteiger partial charge >= 0.3 is 12.1 Å². The second kappa shape index (κ2) is 10.9. The lowest BCUT2D eigenvalue weighted by Gasteiger charge is -2.37. The Labute approximate surface area is 205 Å². The molecule has 2 N–H and O–H groups in total. The number of nitrogens with one attached hydrogen (secondary N) is 1. The molecular weight excluding hydrogens is 446 g/mol. The van der Waals surface area contributed by atoms with Gasteiger partial charge in [0, 0.05) is 32.0 Å². The number of fused-ring (bicyclic) bond motifs is 3. The van der Waals surface area contributed by atoms with Crippen LogP contribution in [0.5, 0.6) is 0 Å². The summed E-state index contributed by atoms with van der Waals surface area (Å²) in [5, 5.41) is 11.8. The maximum absolute atomic E-state index is 13.2. The number of amides is 2. The highest BCUT2D eigenvalue weighted by molar-refractivity contribution is 5.86. The van der Waals surface area contributed by atoms with Gasteiger partial charge in [-0.3, -0.25) is 9.59 Å². The molecule has 8 heteroatoms. The highest BCUT2D eigenvalue weighted by Gasteiger charge is 2.32. The molecule has 2 unspecified atom stereocenters. The van der Waals surface area contributed by atoms with Gasteiger partial charge in [0.15, 0.2) is 0 Å². The molecule has 2 aromatic carbocycles. The first-order valence-corrected chi connectivity index (χ1v) is 12.1. The number of hydrogen-bond donors (Lipinski definition) is 2. The molecule has 186 valence electrons. The van der Waals surface area contributed by atoms with E-state index in [9.17, 15) is 14.4 Å². The summed E-state index contributed by atoms with van der Waals surface area (Å²) < 4.78 is 5.59. The van der Waals surface area contributed by atoms with Crippen LogP contribution < -0.4 is 5.32 Å². The standard InChI is InChI=1S/C27H33N3O5/c1-29-15-7-8-18(16-29)30(2)26(33)24(13-14-25(31)32)28-27(34)35-17-23-21-11-5-3-9-19(21)20-10-4-6-12-22(20)23/h3-6,9-12,18,23-24H,7-8,13-17H2,1-2H3,(H,28,34)(H,31,32). The van der Waals surface area contributed by atoms with Gasteiger partial charge in [-0.2, -0.15) is 0 Å². The zero-order valence-electron chi connectivity index (χ0n) is 20.3. The summed E-state index contributed by atoms with van der Waals surface area (Å²) in [7, 11) is 3.74. The summed E-state index contributed by atoms with van der Waals surface area (Å²) in [6, 6.07) is 15.2. The lowest BCUT2D eigenvalue weighted by atomic mass is 9.98. The van der Waals surface area contributed by atoms with Crippen molar-refractivity contribution in [1.82, 2.24) is 15.1 Å². The van der Waals surface area contributed by atoms with Crippen molar-refractivity contribution >= 4 is 18.0 Å². The Morgan fingerprint density at radius 1 is 1.11 bits per heavy atom. The molecule has 2 atom stereocenters. The van der Waals surface area contributed by atoms with Crippen molar-refractivity contribution in [3.05, 3.63) is 59.7 Å². The molecule has 1 heterocycles. The Kier molecular flexibility index (Phi) is 7.70. The van der Waals surface area contributed by atoms with E-state index in [0.717, 1.165) is 48.2 Å². The zero-order chi connectivity index (χ0) is 24.9. The van der Waals surface area contributed by atoms with E-state index >= 15 is 0 Å². The number of rotatable bonds is 8. The molecule has 4 rings (SSSR count). The largest absolute Gasteiger partial charge is 0.481 e. The number of carbonyl (C=O) groups is 3. The smallest absolute Gasteiger partial charge is 0.407 e. The number of carbonyl (C=O) groups excluding carboxylic acids is 2. The summed E-state index contributed by atoms with van der Waals surface area (Å²) >= 11 is 0. The summed E-state index contributed by atoms with van der Waals surface area (Å²) in [6.07, 6.45) is 0.926. The number of piperidine rings is 1. The molecule has 2 aromatic rings. The van der Waals surface area contributed by atoms with Crippen LogP contribution in [-0.4, -0.2) is 78.8 Å². The first kappa shape index (κ1) is 24.7. The quantitative estimate of drug-likeness (QED) is 0.603. The summed E-state index contributed by atoms with van der Waals surface area (Å²) in [4.78, 5) is 41.0. The summed E-state index contributed by atoms with van der Waals surface area (Å²) in [5.41, 5.74) is 4.46. The summed E-state index contributed by atoms with van der Waals surface area (Å²) in [6.45, 7) is 1.86. The SMILES string of the molecule is CN1CCCC(N(C)C(=O)C(CCC(=O)O)NC(=O)OCC2c3ccccc3-c3ccccc32)C1. The lowest BCUT2D eigenvalue weighted by molar-refractivity contribution is -0.138. The molecule has 0 saturated carbocycles. The molecule has 0 aromatic heterocycles. The van der Waals surface area contributed by atoms with Gasteiger partial charge in [-0.1, -0.05) is 48.5 Å². The molecule has 0 spiro atoms. The first-order valence-electron chi connectivity index (χ1n) is 12.1. The normalized spacial score (nSPS) is 18.3. The van der Waals surface area contributed by atoms with E-state index in [0.29, 0.717) is 0 Å². The van der Waals surface area contributed by atoms with Crippen molar-refractivity contribution < 1.29 is 24.2 Å². The number of alkyl carbamates (subject to hydrolysis) is 1. The van der Waals surface area contributed by atoms with Crippen LogP contribution in [0.1, 0.15) is 42.7 Å². The van der Waals surface area contributed by atoms with E-state index < -0.39 is 18.1 Å². The van der Waals surface area contributed by atoms with Crippen LogP contribution in [-0.2, 0) is 14.3 Å². The fourth-order valence-electron chi connectivity index (χ4n) is 5.19. The third-order valence-electron chi connectivity index (χ3n) is 7.08. The van der Waals surface area contributed by atoms with E-state index in [1.165, 1.54) is 0 Å². The second-order valence-corrected chi connectivity index (χ2v) is 9.46. The van der Waals surface area contributed by atoms with Gasteiger partial charge in [0.25, 0.3) is 0 Å². The van der Waals surface area contributed by atoms with Gasteiger partial charge in [-0.25, -0.2) is 4.79 Å². The van der Waals surface area contributed by atoms with Crippen LogP contribution in [0.3, 0.4) is 0 Å². The fraction of sp³-hybridized carbons (Fsp3) is 0.444. The Hall–Kier alpha value is -3.39. The number of likely N-dealkylation sites (N-methyl/N-ethyl adjacent to an activating group) is 2. The van der Waals surface area contributed by atoms with Gasteiger partial charge in [0.1, 0.15) is 12.6 Å². The average Bonchev–Trinajstić information content (AvgIpc) is 3.18. The van der Waals surface area contributed by atoms with Crippen molar-refractivity contribution in [2.45, 2.75) is 43.7 Å². The van der Waals surface area contributed by atoms with Crippen LogP contribution in [0.15, 0.2) is 48.5 Å². The fourth-order valence-corrected chi connectivity index (χ4v) is 5.19. The van der Waals surface area contributed by atoms with Gasteiger partial charge in [0.2, 0.25) is 5.91 Å². The monoisotopic (exact) mass is 479 g/mol. The molecule has 1 aliphatic heterocycles. The predicted octanol–water partition coefficient (Wildman–Crippen LogP) is 3.31. The lowest BCUT2D eigenvalue weighted by Crippen LogP contribution is -2.54. The van der Waals surface area contributed by atoms with E-state index in [2.05, 4.69) is 22.3 Å². The van der Waals surface area contributed by atoms with E-state index in [4.69, 9.17) is 9.84 Å². The van der Waals surface area contributed by atoms with Gasteiger partial charge in [-0.05, 0) is 55.1 Å². The van der Waals surface area contributed by atoms with E-state index in [1.807, 2.05) is 43.4 Å². The Morgan fingerprint density at radius 2 is 1.74 bits per heavy atom. The number of ether oxygens (including phenoxy) is 1. The number of benzene rings is 2. The topological polar surface area (TPSA) is 99.2 Å². The van der Waals surface area contributed by atoms with Crippen LogP contribution in [0.25, 0.3) is 11.1 Å². The highest BCUT2D eigenvalue weighted by Crippen LogP contribution is 2.44.